The number of carbonyl (C=O) groups is 3. The molecule has 1 aliphatic heterocycles. The summed E-state index contributed by atoms with van der Waals surface area (Å²) in [6.45, 7) is 2.65. The van der Waals surface area contributed by atoms with E-state index in [1.54, 1.807) is 24.3 Å². The van der Waals surface area contributed by atoms with Crippen LogP contribution in [-0.2, 0) is 30.3 Å². The quantitative estimate of drug-likeness (QED) is 0.770. The molecule has 1 N–H and O–H groups in total. The van der Waals surface area contributed by atoms with Crippen molar-refractivity contribution in [3.63, 3.8) is 0 Å². The molecule has 24 heavy (non-hydrogen) atoms. The molecule has 0 saturated carbocycles. The highest BCUT2D eigenvalue weighted by molar-refractivity contribution is 5.88. The van der Waals surface area contributed by atoms with E-state index in [4.69, 9.17) is 9.47 Å². The number of morpholine rings is 1. The van der Waals surface area contributed by atoms with E-state index in [9.17, 15) is 19.5 Å². The van der Waals surface area contributed by atoms with Crippen LogP contribution < -0.4 is 0 Å². The summed E-state index contributed by atoms with van der Waals surface area (Å²) in [5, 5.41) is 9.58. The lowest BCUT2D eigenvalue weighted by Crippen LogP contribution is -2.51. The Morgan fingerprint density at radius 3 is 2.38 bits per heavy atom. The minimum absolute atomic E-state index is 0.101. The second kappa shape index (κ2) is 8.44. The van der Waals surface area contributed by atoms with Gasteiger partial charge in [0.05, 0.1) is 13.2 Å². The van der Waals surface area contributed by atoms with Crippen molar-refractivity contribution in [2.24, 2.45) is 5.92 Å². The average molecular weight is 335 g/mol. The molecule has 1 saturated heterocycles. The predicted molar refractivity (Wildman–Crippen MR) is 84.2 cm³/mol. The number of nitrogens with zero attached hydrogens (tertiary/aromatic N) is 1. The predicted octanol–water partition coefficient (Wildman–Crippen LogP) is 0.720. The molecule has 0 bridgehead atoms. The van der Waals surface area contributed by atoms with Crippen LogP contribution in [0.3, 0.4) is 0 Å². The number of amides is 1. The third-order valence-electron chi connectivity index (χ3n) is 3.84. The minimum Gasteiger partial charge on any atom is -0.481 e. The maximum absolute atomic E-state index is 12.7. The topological polar surface area (TPSA) is 93.1 Å². The third-order valence-corrected chi connectivity index (χ3v) is 3.84. The van der Waals surface area contributed by atoms with E-state index >= 15 is 0 Å². The molecule has 1 aliphatic rings. The largest absolute Gasteiger partial charge is 0.481 e. The van der Waals surface area contributed by atoms with Crippen molar-refractivity contribution in [2.45, 2.75) is 19.4 Å². The minimum atomic E-state index is -1.35. The highest BCUT2D eigenvalue weighted by atomic mass is 16.5. The van der Waals surface area contributed by atoms with Gasteiger partial charge < -0.3 is 19.5 Å². The van der Waals surface area contributed by atoms with Gasteiger partial charge in [-0.2, -0.15) is 0 Å². The second-order valence-electron chi connectivity index (χ2n) is 5.60. The Morgan fingerprint density at radius 2 is 1.83 bits per heavy atom. The highest BCUT2D eigenvalue weighted by Gasteiger charge is 2.39. The lowest BCUT2D eigenvalue weighted by molar-refractivity contribution is -0.169. The molecule has 1 aromatic carbocycles. The van der Waals surface area contributed by atoms with Gasteiger partial charge in [-0.25, -0.2) is 0 Å². The maximum atomic E-state index is 12.7. The fraction of sp³-hybridized carbons (Fsp3) is 0.471. The normalized spacial score (nSPS) is 17.0. The Balaban J connectivity index is 2.22. The number of carboxylic acid groups (broad SMARTS) is 1. The summed E-state index contributed by atoms with van der Waals surface area (Å²) in [5.74, 6) is -3.49. The number of hydrogen-bond acceptors (Lipinski definition) is 5. The average Bonchev–Trinajstić information content (AvgIpc) is 2.58. The zero-order chi connectivity index (χ0) is 17.5. The molecule has 0 radical (unpaired) electrons. The number of carbonyl (C=O) groups excluding carboxylic acids is 2. The molecule has 1 heterocycles. The SMILES string of the molecule is CC(=O)O[C@H](C(=O)N1CCOCC1)C(Cc1ccccc1)C(=O)O. The van der Waals surface area contributed by atoms with Crippen LogP contribution in [0.5, 0.6) is 0 Å². The van der Waals surface area contributed by atoms with Crippen LogP contribution in [0.15, 0.2) is 30.3 Å². The van der Waals surface area contributed by atoms with Gasteiger partial charge in [-0.15, -0.1) is 0 Å². The van der Waals surface area contributed by atoms with Crippen LogP contribution in [0.25, 0.3) is 0 Å². The van der Waals surface area contributed by atoms with Crippen LogP contribution in [0.1, 0.15) is 12.5 Å². The molecule has 1 fully saturated rings. The van der Waals surface area contributed by atoms with Crippen LogP contribution in [-0.4, -0.2) is 60.3 Å². The maximum Gasteiger partial charge on any atom is 0.311 e. The van der Waals surface area contributed by atoms with Gasteiger partial charge in [0, 0.05) is 20.0 Å². The van der Waals surface area contributed by atoms with E-state index in [-0.39, 0.29) is 6.42 Å². The van der Waals surface area contributed by atoms with Crippen molar-refractivity contribution in [3.05, 3.63) is 35.9 Å². The molecule has 1 amide bonds. The van der Waals surface area contributed by atoms with Gasteiger partial charge >= 0.3 is 11.9 Å². The van der Waals surface area contributed by atoms with Gasteiger partial charge in [0.1, 0.15) is 5.92 Å². The van der Waals surface area contributed by atoms with E-state index in [0.29, 0.717) is 26.3 Å². The molecular formula is C17H21NO6. The zero-order valence-corrected chi connectivity index (χ0v) is 13.5. The summed E-state index contributed by atoms with van der Waals surface area (Å²) in [6.07, 6.45) is -1.25. The van der Waals surface area contributed by atoms with E-state index in [0.717, 1.165) is 5.56 Å². The van der Waals surface area contributed by atoms with Crippen LogP contribution in [0.4, 0.5) is 0 Å². The highest BCUT2D eigenvalue weighted by Crippen LogP contribution is 2.19. The third kappa shape index (κ3) is 4.79. The summed E-state index contributed by atoms with van der Waals surface area (Å²) in [6, 6.07) is 8.96. The lowest BCUT2D eigenvalue weighted by Gasteiger charge is -2.32. The molecule has 7 nitrogen and oxygen atoms in total. The van der Waals surface area contributed by atoms with Gasteiger partial charge in [-0.3, -0.25) is 14.4 Å². The van der Waals surface area contributed by atoms with Crippen molar-refractivity contribution >= 4 is 17.8 Å². The molecule has 2 atom stereocenters. The molecule has 7 heteroatoms. The summed E-state index contributed by atoms with van der Waals surface area (Å²) in [4.78, 5) is 37.3. The molecule has 0 spiro atoms. The van der Waals surface area contributed by atoms with Gasteiger partial charge in [0.2, 0.25) is 0 Å². The first-order valence-electron chi connectivity index (χ1n) is 7.79. The van der Waals surface area contributed by atoms with Gasteiger partial charge in [0.25, 0.3) is 5.91 Å². The van der Waals surface area contributed by atoms with E-state index in [2.05, 4.69) is 0 Å². The number of hydrogen-bond donors (Lipinski definition) is 1. The number of esters is 1. The zero-order valence-electron chi connectivity index (χ0n) is 13.5. The summed E-state index contributed by atoms with van der Waals surface area (Å²) >= 11 is 0. The molecule has 0 aromatic heterocycles. The standard InChI is InChI=1S/C17H21NO6/c1-12(19)24-15(16(20)18-7-9-23-10-8-18)14(17(21)22)11-13-5-3-2-4-6-13/h2-6,14-15H,7-11H2,1H3,(H,21,22)/t14?,15-/m0/s1. The van der Waals surface area contributed by atoms with Crippen molar-refractivity contribution in [3.8, 4) is 0 Å². The number of carboxylic acids is 1. The number of ether oxygens (including phenoxy) is 2. The Morgan fingerprint density at radius 1 is 1.21 bits per heavy atom. The summed E-state index contributed by atoms with van der Waals surface area (Å²) in [5.41, 5.74) is 0.761. The van der Waals surface area contributed by atoms with Gasteiger partial charge in [0.15, 0.2) is 6.10 Å². The molecule has 1 aromatic rings. The number of rotatable bonds is 6. The van der Waals surface area contributed by atoms with Gasteiger partial charge in [-0.1, -0.05) is 30.3 Å². The first-order valence-corrected chi connectivity index (χ1v) is 7.79. The van der Waals surface area contributed by atoms with Crippen molar-refractivity contribution in [1.82, 2.24) is 4.90 Å². The van der Waals surface area contributed by atoms with Gasteiger partial charge in [-0.05, 0) is 12.0 Å². The van der Waals surface area contributed by atoms with E-state index < -0.39 is 29.9 Å². The Bertz CT molecular complexity index is 582. The summed E-state index contributed by atoms with van der Waals surface area (Å²) in [7, 11) is 0. The molecule has 0 aliphatic carbocycles. The number of aliphatic carboxylic acids is 1. The van der Waals surface area contributed by atoms with Crippen LogP contribution in [0, 0.1) is 5.92 Å². The second-order valence-corrected chi connectivity index (χ2v) is 5.60. The molecule has 2 rings (SSSR count). The molecule has 1 unspecified atom stereocenters. The van der Waals surface area contributed by atoms with Crippen LogP contribution in [0.2, 0.25) is 0 Å². The van der Waals surface area contributed by atoms with Crippen molar-refractivity contribution in [2.75, 3.05) is 26.3 Å². The van der Waals surface area contributed by atoms with Crippen LogP contribution >= 0.6 is 0 Å². The first-order chi connectivity index (χ1) is 11.5. The Labute approximate surface area is 140 Å². The molecule has 130 valence electrons. The van der Waals surface area contributed by atoms with E-state index in [1.807, 2.05) is 6.07 Å². The Hall–Kier alpha value is -2.41. The fourth-order valence-electron chi connectivity index (χ4n) is 2.64. The Kier molecular flexibility index (Phi) is 6.31. The van der Waals surface area contributed by atoms with Crippen molar-refractivity contribution in [1.29, 1.82) is 0 Å². The molecular weight excluding hydrogens is 314 g/mol. The number of benzene rings is 1. The first kappa shape index (κ1) is 17.9. The summed E-state index contributed by atoms with van der Waals surface area (Å²) < 4.78 is 10.3. The van der Waals surface area contributed by atoms with Crippen molar-refractivity contribution < 1.29 is 29.0 Å². The van der Waals surface area contributed by atoms with E-state index in [1.165, 1.54) is 11.8 Å². The lowest BCUT2D eigenvalue weighted by atomic mass is 9.93. The fourth-order valence-corrected chi connectivity index (χ4v) is 2.64. The monoisotopic (exact) mass is 335 g/mol. The smallest absolute Gasteiger partial charge is 0.311 e.